The molecule has 2 saturated heterocycles. The number of ether oxygens (including phenoxy) is 1. The van der Waals surface area contributed by atoms with E-state index < -0.39 is 28.8 Å². The lowest BCUT2D eigenvalue weighted by molar-refractivity contribution is -0.402. The van der Waals surface area contributed by atoms with Gasteiger partial charge in [0.1, 0.15) is 28.4 Å². The Bertz CT molecular complexity index is 1440. The van der Waals surface area contributed by atoms with Crippen LogP contribution in [0.15, 0.2) is 52.9 Å². The fourth-order valence-electron chi connectivity index (χ4n) is 4.85. The second-order valence-electron chi connectivity index (χ2n) is 9.64. The first kappa shape index (κ1) is 27.1. The third kappa shape index (κ3) is 5.88. The smallest absolute Gasteiger partial charge is 0.433 e. The number of furan rings is 1. The highest BCUT2D eigenvalue weighted by Crippen LogP contribution is 2.32. The van der Waals surface area contributed by atoms with Gasteiger partial charge in [-0.15, -0.1) is 0 Å². The maximum absolute atomic E-state index is 15.2. The molecule has 0 spiro atoms. The van der Waals surface area contributed by atoms with E-state index in [2.05, 4.69) is 10.2 Å². The van der Waals surface area contributed by atoms with Gasteiger partial charge in [0.05, 0.1) is 37.1 Å². The van der Waals surface area contributed by atoms with Gasteiger partial charge in [0.2, 0.25) is 5.91 Å². The van der Waals surface area contributed by atoms with Crippen LogP contribution in [0.5, 0.6) is 0 Å². The Morgan fingerprint density at radius 1 is 1.07 bits per heavy atom. The normalized spacial score (nSPS) is 17.7. The first-order valence-electron chi connectivity index (χ1n) is 12.7. The topological polar surface area (TPSA) is 121 Å². The molecule has 2 fully saturated rings. The van der Waals surface area contributed by atoms with E-state index in [1.54, 1.807) is 24.3 Å². The van der Waals surface area contributed by atoms with Crippen LogP contribution in [-0.4, -0.2) is 67.2 Å². The summed E-state index contributed by atoms with van der Waals surface area (Å²) in [5.74, 6) is -1.15. The summed E-state index contributed by atoms with van der Waals surface area (Å²) in [7, 11) is 0. The Morgan fingerprint density at radius 3 is 2.50 bits per heavy atom. The number of nitrogens with zero attached hydrogens (tertiary/aromatic N) is 4. The van der Waals surface area contributed by atoms with Crippen molar-refractivity contribution >= 4 is 29.3 Å². The number of rotatable bonds is 8. The number of cyclic esters (lactones) is 1. The molecule has 0 unspecified atom stereocenters. The summed E-state index contributed by atoms with van der Waals surface area (Å²) in [6, 6.07) is 11.7. The van der Waals surface area contributed by atoms with Crippen LogP contribution in [0.3, 0.4) is 0 Å². The maximum Gasteiger partial charge on any atom is 0.433 e. The van der Waals surface area contributed by atoms with Crippen molar-refractivity contribution in [3.8, 4) is 11.1 Å². The molecule has 2 amide bonds. The van der Waals surface area contributed by atoms with Crippen LogP contribution in [0, 0.1) is 21.7 Å². The molecule has 1 atom stereocenters. The van der Waals surface area contributed by atoms with Gasteiger partial charge in [0, 0.05) is 38.7 Å². The predicted molar refractivity (Wildman–Crippen MR) is 141 cm³/mol. The number of piperazine rings is 1. The molecule has 3 heterocycles. The molecule has 0 radical (unpaired) electrons. The molecule has 3 aromatic rings. The molecule has 1 N–H and O–H groups in total. The van der Waals surface area contributed by atoms with E-state index in [1.165, 1.54) is 36.1 Å². The standard InChI is InChI=1S/C27H27F2N5O6/c1-17(35)30-14-21-16-33(27(36)40-21)19-3-5-22(23(28)13-19)18-2-6-25(24(29)12-18)32-10-8-31(9-11-32)15-20-4-7-26(39-20)34(37)38/h2-7,12-13,21H,8-11,14-16H2,1H3,(H,30,35)/t21-/m0/s1. The van der Waals surface area contributed by atoms with E-state index in [0.29, 0.717) is 55.4 Å². The highest BCUT2D eigenvalue weighted by atomic mass is 19.1. The molecule has 210 valence electrons. The number of amides is 2. The number of anilines is 2. The van der Waals surface area contributed by atoms with Gasteiger partial charge >= 0.3 is 12.0 Å². The number of hydrogen-bond acceptors (Lipinski definition) is 8. The number of carbonyl (C=O) groups excluding carboxylic acids is 2. The molecular weight excluding hydrogens is 528 g/mol. The zero-order valence-corrected chi connectivity index (χ0v) is 21.6. The Kier molecular flexibility index (Phi) is 7.65. The van der Waals surface area contributed by atoms with Crippen LogP contribution < -0.4 is 15.1 Å². The van der Waals surface area contributed by atoms with Crippen molar-refractivity contribution in [3.63, 3.8) is 0 Å². The molecule has 0 aliphatic carbocycles. The molecule has 5 rings (SSSR count). The SMILES string of the molecule is CC(=O)NC[C@H]1CN(c2ccc(-c3ccc(N4CCN(Cc5ccc([N+](=O)[O-])o5)CC4)c(F)c3)c(F)c2)C(=O)O1. The van der Waals surface area contributed by atoms with Crippen molar-refractivity contribution in [1.29, 1.82) is 0 Å². The van der Waals surface area contributed by atoms with E-state index in [9.17, 15) is 19.7 Å². The minimum atomic E-state index is -0.636. The molecule has 2 aliphatic rings. The van der Waals surface area contributed by atoms with Gasteiger partial charge in [-0.2, -0.15) is 0 Å². The first-order chi connectivity index (χ1) is 19.2. The van der Waals surface area contributed by atoms with Crippen LogP contribution in [0.1, 0.15) is 12.7 Å². The third-order valence-electron chi connectivity index (χ3n) is 6.90. The summed E-state index contributed by atoms with van der Waals surface area (Å²) < 4.78 is 40.7. The molecular formula is C27H27F2N5O6. The van der Waals surface area contributed by atoms with Gasteiger partial charge in [-0.05, 0) is 42.0 Å². The van der Waals surface area contributed by atoms with Crippen LogP contribution in [0.25, 0.3) is 11.1 Å². The van der Waals surface area contributed by atoms with E-state index >= 15 is 8.78 Å². The second kappa shape index (κ2) is 11.3. The summed E-state index contributed by atoms with van der Waals surface area (Å²) >= 11 is 0. The fourth-order valence-corrected chi connectivity index (χ4v) is 4.85. The Morgan fingerprint density at radius 2 is 1.85 bits per heavy atom. The fraction of sp³-hybridized carbons (Fsp3) is 0.333. The van der Waals surface area contributed by atoms with Crippen molar-refractivity contribution in [3.05, 3.63) is 76.0 Å². The van der Waals surface area contributed by atoms with Gasteiger partial charge in [-0.3, -0.25) is 24.7 Å². The molecule has 13 heteroatoms. The molecule has 40 heavy (non-hydrogen) atoms. The Balaban J connectivity index is 1.21. The van der Waals surface area contributed by atoms with E-state index in [-0.39, 0.29) is 30.4 Å². The average molecular weight is 556 g/mol. The lowest BCUT2D eigenvalue weighted by Gasteiger charge is -2.35. The van der Waals surface area contributed by atoms with Crippen molar-refractivity contribution in [2.45, 2.75) is 19.6 Å². The summed E-state index contributed by atoms with van der Waals surface area (Å²) in [4.78, 5) is 38.8. The number of halogens is 2. The summed E-state index contributed by atoms with van der Waals surface area (Å²) in [5.41, 5.74) is 1.25. The Hall–Kier alpha value is -4.52. The molecule has 2 aromatic carbocycles. The van der Waals surface area contributed by atoms with Gasteiger partial charge in [0.15, 0.2) is 0 Å². The number of nitrogens with one attached hydrogen (secondary N) is 1. The molecule has 11 nitrogen and oxygen atoms in total. The number of benzene rings is 2. The summed E-state index contributed by atoms with van der Waals surface area (Å²) in [6.45, 7) is 4.40. The average Bonchev–Trinajstić information content (AvgIpc) is 3.54. The van der Waals surface area contributed by atoms with Crippen molar-refractivity contribution in [2.75, 3.05) is 49.1 Å². The number of hydrogen-bond donors (Lipinski definition) is 1. The predicted octanol–water partition coefficient (Wildman–Crippen LogP) is 3.92. The third-order valence-corrected chi connectivity index (χ3v) is 6.90. The largest absolute Gasteiger partial charge is 0.442 e. The van der Waals surface area contributed by atoms with Crippen LogP contribution in [0.2, 0.25) is 0 Å². The molecule has 0 saturated carbocycles. The number of carbonyl (C=O) groups is 2. The van der Waals surface area contributed by atoms with Gasteiger partial charge < -0.3 is 19.4 Å². The summed E-state index contributed by atoms with van der Waals surface area (Å²) in [5, 5.41) is 13.4. The summed E-state index contributed by atoms with van der Waals surface area (Å²) in [6.07, 6.45) is -1.18. The molecule has 2 aliphatic heterocycles. The highest BCUT2D eigenvalue weighted by Gasteiger charge is 2.33. The van der Waals surface area contributed by atoms with E-state index in [4.69, 9.17) is 9.15 Å². The van der Waals surface area contributed by atoms with Crippen LogP contribution in [0.4, 0.5) is 30.8 Å². The van der Waals surface area contributed by atoms with Crippen molar-refractivity contribution in [2.24, 2.45) is 0 Å². The minimum absolute atomic E-state index is 0.160. The lowest BCUT2D eigenvalue weighted by atomic mass is 10.0. The highest BCUT2D eigenvalue weighted by molar-refractivity contribution is 5.90. The van der Waals surface area contributed by atoms with Crippen molar-refractivity contribution < 1.29 is 32.4 Å². The zero-order valence-electron chi connectivity index (χ0n) is 21.6. The molecule has 0 bridgehead atoms. The van der Waals surface area contributed by atoms with Crippen LogP contribution >= 0.6 is 0 Å². The lowest BCUT2D eigenvalue weighted by Crippen LogP contribution is -2.46. The quantitative estimate of drug-likeness (QED) is 0.328. The van der Waals surface area contributed by atoms with Gasteiger partial charge in [-0.25, -0.2) is 13.6 Å². The Labute approximate surface area is 228 Å². The van der Waals surface area contributed by atoms with Crippen LogP contribution in [-0.2, 0) is 16.1 Å². The number of nitro groups is 1. The van der Waals surface area contributed by atoms with Gasteiger partial charge in [-0.1, -0.05) is 6.07 Å². The second-order valence-corrected chi connectivity index (χ2v) is 9.64. The van der Waals surface area contributed by atoms with Gasteiger partial charge in [0.25, 0.3) is 0 Å². The minimum Gasteiger partial charge on any atom is -0.442 e. The first-order valence-corrected chi connectivity index (χ1v) is 12.7. The molecule has 1 aromatic heterocycles. The van der Waals surface area contributed by atoms with Crippen molar-refractivity contribution in [1.82, 2.24) is 10.2 Å². The van der Waals surface area contributed by atoms with E-state index in [0.717, 1.165) is 0 Å². The van der Waals surface area contributed by atoms with E-state index in [1.807, 2.05) is 4.90 Å². The zero-order chi connectivity index (χ0) is 28.4. The monoisotopic (exact) mass is 555 g/mol. The maximum atomic E-state index is 15.2.